The van der Waals surface area contributed by atoms with Crippen LogP contribution >= 0.6 is 0 Å². The molecule has 1 amide bonds. The van der Waals surface area contributed by atoms with Crippen LogP contribution in [0.25, 0.3) is 0 Å². The monoisotopic (exact) mass is 416 g/mol. The summed E-state index contributed by atoms with van der Waals surface area (Å²) < 4.78 is 5.62. The van der Waals surface area contributed by atoms with Gasteiger partial charge in [-0.1, -0.05) is 67.6 Å². The molecule has 3 aromatic rings. The highest BCUT2D eigenvalue weighted by molar-refractivity contribution is 5.96. The summed E-state index contributed by atoms with van der Waals surface area (Å²) >= 11 is 0. The first-order valence-corrected chi connectivity index (χ1v) is 10.7. The number of aliphatic hydroxyl groups is 1. The molecule has 1 aliphatic rings. The molecular weight excluding hydrogens is 388 g/mol. The summed E-state index contributed by atoms with van der Waals surface area (Å²) in [6.07, 6.45) is -0.334. The zero-order valence-corrected chi connectivity index (χ0v) is 17.6. The third kappa shape index (κ3) is 5.51. The maximum absolute atomic E-state index is 12.6. The number of rotatable bonds is 9. The first kappa shape index (κ1) is 21.1. The number of carbonyl (C=O) groups excluding carboxylic acids is 1. The molecule has 2 N–H and O–H groups in total. The molecule has 5 heteroatoms. The summed E-state index contributed by atoms with van der Waals surface area (Å²) in [5.41, 5.74) is 3.97. The van der Waals surface area contributed by atoms with Crippen molar-refractivity contribution in [2.75, 3.05) is 10.2 Å². The number of para-hydroxylation sites is 1. The van der Waals surface area contributed by atoms with Gasteiger partial charge in [-0.15, -0.1) is 0 Å². The summed E-state index contributed by atoms with van der Waals surface area (Å²) in [4.78, 5) is 14.5. The van der Waals surface area contributed by atoms with Crippen LogP contribution in [0.5, 0.6) is 0 Å². The van der Waals surface area contributed by atoms with Crippen molar-refractivity contribution in [3.8, 4) is 0 Å². The molecule has 1 aliphatic heterocycles. The number of amides is 1. The average Bonchev–Trinajstić information content (AvgIpc) is 3.58. The molecule has 1 fully saturated rings. The van der Waals surface area contributed by atoms with E-state index in [-0.39, 0.29) is 12.0 Å². The molecule has 0 bridgehead atoms. The van der Waals surface area contributed by atoms with Crippen molar-refractivity contribution in [2.24, 2.45) is 0 Å². The van der Waals surface area contributed by atoms with Crippen molar-refractivity contribution >= 4 is 17.3 Å². The largest absolute Gasteiger partial charge is 0.373 e. The molecule has 2 unspecified atom stereocenters. The normalized spacial score (nSPS) is 18.3. The fraction of sp³-hybridized carbons (Fsp3) is 0.269. The SMILES string of the molecule is CCc1cccc(NC(=O)[C@H]2OC2CC(O)N(Cc2ccccc2)c2ccccc2)c1. The minimum absolute atomic E-state index is 0.167. The van der Waals surface area contributed by atoms with Gasteiger partial charge in [0.2, 0.25) is 0 Å². The molecule has 0 aromatic heterocycles. The van der Waals surface area contributed by atoms with E-state index in [1.165, 1.54) is 5.56 Å². The van der Waals surface area contributed by atoms with Gasteiger partial charge in [0.1, 0.15) is 6.23 Å². The Labute approximate surface area is 183 Å². The number of nitrogens with one attached hydrogen (secondary N) is 1. The molecule has 3 atom stereocenters. The molecule has 4 rings (SSSR count). The number of benzene rings is 3. The lowest BCUT2D eigenvalue weighted by molar-refractivity contribution is -0.117. The van der Waals surface area contributed by atoms with Crippen LogP contribution in [0.15, 0.2) is 84.9 Å². The van der Waals surface area contributed by atoms with Crippen LogP contribution in [0, 0.1) is 0 Å². The number of anilines is 2. The summed E-state index contributed by atoms with van der Waals surface area (Å²) in [5, 5.41) is 13.9. The number of epoxide rings is 1. The van der Waals surface area contributed by atoms with Gasteiger partial charge in [0.05, 0.1) is 6.10 Å². The Morgan fingerprint density at radius 2 is 1.68 bits per heavy atom. The average molecular weight is 417 g/mol. The number of hydrogen-bond donors (Lipinski definition) is 2. The summed E-state index contributed by atoms with van der Waals surface area (Å²) in [6.45, 7) is 2.65. The number of aliphatic hydroxyl groups excluding tert-OH is 1. The fourth-order valence-electron chi connectivity index (χ4n) is 3.74. The number of hydrogen-bond acceptors (Lipinski definition) is 4. The Morgan fingerprint density at radius 1 is 1.00 bits per heavy atom. The second-order valence-corrected chi connectivity index (χ2v) is 7.80. The van der Waals surface area contributed by atoms with Crippen LogP contribution in [0.4, 0.5) is 11.4 Å². The molecule has 160 valence electrons. The van der Waals surface area contributed by atoms with Crippen molar-refractivity contribution in [2.45, 2.75) is 44.7 Å². The van der Waals surface area contributed by atoms with Crippen molar-refractivity contribution in [1.82, 2.24) is 0 Å². The Balaban J connectivity index is 1.38. The Kier molecular flexibility index (Phi) is 6.65. The molecule has 3 aromatic carbocycles. The van der Waals surface area contributed by atoms with Crippen LogP contribution in [0.1, 0.15) is 24.5 Å². The van der Waals surface area contributed by atoms with Gasteiger partial charge in [-0.3, -0.25) is 4.79 Å². The van der Waals surface area contributed by atoms with E-state index in [1.54, 1.807) is 0 Å². The molecule has 0 saturated carbocycles. The van der Waals surface area contributed by atoms with Crippen molar-refractivity contribution < 1.29 is 14.6 Å². The predicted molar refractivity (Wildman–Crippen MR) is 123 cm³/mol. The van der Waals surface area contributed by atoms with Gasteiger partial charge in [-0.05, 0) is 41.8 Å². The Hall–Kier alpha value is -3.15. The van der Waals surface area contributed by atoms with Crippen LogP contribution in [0.2, 0.25) is 0 Å². The van der Waals surface area contributed by atoms with Crippen LogP contribution in [-0.2, 0) is 22.5 Å². The number of ether oxygens (including phenoxy) is 1. The van der Waals surface area contributed by atoms with Crippen LogP contribution in [-0.4, -0.2) is 29.4 Å². The topological polar surface area (TPSA) is 65.1 Å². The molecular formula is C26H28N2O3. The van der Waals surface area contributed by atoms with E-state index in [4.69, 9.17) is 4.74 Å². The lowest BCUT2D eigenvalue weighted by atomic mass is 10.1. The van der Waals surface area contributed by atoms with Gasteiger partial charge in [-0.2, -0.15) is 0 Å². The molecule has 31 heavy (non-hydrogen) atoms. The van der Waals surface area contributed by atoms with E-state index in [2.05, 4.69) is 12.2 Å². The van der Waals surface area contributed by atoms with E-state index in [1.807, 2.05) is 89.8 Å². The van der Waals surface area contributed by atoms with Crippen LogP contribution < -0.4 is 10.2 Å². The standard InChI is InChI=1S/C26H28N2O3/c1-2-19-12-9-13-21(16-19)27-26(30)25-23(31-25)17-24(29)28(22-14-7-4-8-15-22)18-20-10-5-3-6-11-20/h3-16,23-25,29H,2,17-18H2,1H3,(H,27,30)/t23?,24?,25-/m0/s1. The second-order valence-electron chi connectivity index (χ2n) is 7.80. The fourth-order valence-corrected chi connectivity index (χ4v) is 3.74. The van der Waals surface area contributed by atoms with E-state index >= 15 is 0 Å². The smallest absolute Gasteiger partial charge is 0.256 e. The Bertz CT molecular complexity index is 994. The minimum atomic E-state index is -0.770. The second kappa shape index (κ2) is 9.77. The number of aryl methyl sites for hydroxylation is 1. The van der Waals surface area contributed by atoms with E-state index in [9.17, 15) is 9.90 Å². The van der Waals surface area contributed by atoms with Gasteiger partial charge in [0.15, 0.2) is 6.10 Å². The number of nitrogens with zero attached hydrogens (tertiary/aromatic N) is 1. The van der Waals surface area contributed by atoms with Gasteiger partial charge in [0.25, 0.3) is 5.91 Å². The first-order valence-electron chi connectivity index (χ1n) is 10.7. The number of carbonyl (C=O) groups is 1. The molecule has 0 radical (unpaired) electrons. The van der Waals surface area contributed by atoms with Crippen molar-refractivity contribution in [3.05, 3.63) is 96.1 Å². The quantitative estimate of drug-likeness (QED) is 0.402. The van der Waals surface area contributed by atoms with Gasteiger partial charge < -0.3 is 20.1 Å². The summed E-state index contributed by atoms with van der Waals surface area (Å²) in [6, 6.07) is 27.7. The maximum atomic E-state index is 12.6. The van der Waals surface area contributed by atoms with E-state index < -0.39 is 12.3 Å². The third-order valence-corrected chi connectivity index (χ3v) is 5.53. The highest BCUT2D eigenvalue weighted by Crippen LogP contribution is 2.31. The maximum Gasteiger partial charge on any atom is 0.256 e. The molecule has 1 saturated heterocycles. The molecule has 1 heterocycles. The van der Waals surface area contributed by atoms with E-state index in [0.29, 0.717) is 13.0 Å². The lowest BCUT2D eigenvalue weighted by Gasteiger charge is -2.30. The lowest BCUT2D eigenvalue weighted by Crippen LogP contribution is -2.36. The Morgan fingerprint density at radius 3 is 2.39 bits per heavy atom. The van der Waals surface area contributed by atoms with Crippen molar-refractivity contribution in [1.29, 1.82) is 0 Å². The summed E-state index contributed by atoms with van der Waals surface area (Å²) in [5.74, 6) is -0.167. The zero-order chi connectivity index (χ0) is 21.6. The third-order valence-electron chi connectivity index (χ3n) is 5.53. The minimum Gasteiger partial charge on any atom is -0.373 e. The van der Waals surface area contributed by atoms with Gasteiger partial charge >= 0.3 is 0 Å². The molecule has 0 aliphatic carbocycles. The summed E-state index contributed by atoms with van der Waals surface area (Å²) in [7, 11) is 0. The first-order chi connectivity index (χ1) is 15.1. The van der Waals surface area contributed by atoms with Crippen molar-refractivity contribution in [3.63, 3.8) is 0 Å². The molecule has 0 spiro atoms. The van der Waals surface area contributed by atoms with Crippen LogP contribution in [0.3, 0.4) is 0 Å². The zero-order valence-electron chi connectivity index (χ0n) is 17.6. The van der Waals surface area contributed by atoms with Gasteiger partial charge in [-0.25, -0.2) is 0 Å². The highest BCUT2D eigenvalue weighted by Gasteiger charge is 2.46. The predicted octanol–water partition coefficient (Wildman–Crippen LogP) is 4.37. The highest BCUT2D eigenvalue weighted by atomic mass is 16.6. The van der Waals surface area contributed by atoms with E-state index in [0.717, 1.165) is 23.4 Å². The molecule has 5 nitrogen and oxygen atoms in total. The van der Waals surface area contributed by atoms with Gasteiger partial charge in [0, 0.05) is 24.3 Å².